The van der Waals surface area contributed by atoms with E-state index in [9.17, 15) is 15.3 Å². The van der Waals surface area contributed by atoms with E-state index in [1.165, 1.54) is 6.20 Å². The highest BCUT2D eigenvalue weighted by Crippen LogP contribution is 2.37. The number of carbonyl (C=O) groups is 1. The van der Waals surface area contributed by atoms with Crippen LogP contribution in [0.2, 0.25) is 0 Å². The molecule has 3 heterocycles. The van der Waals surface area contributed by atoms with E-state index >= 15 is 0 Å². The summed E-state index contributed by atoms with van der Waals surface area (Å²) in [5, 5.41) is 28.9. The second kappa shape index (κ2) is 19.3. The summed E-state index contributed by atoms with van der Waals surface area (Å²) >= 11 is 0. The number of hydrogen-bond donors (Lipinski definition) is 3. The Bertz CT molecular complexity index is 1990. The molecule has 54 heavy (non-hydrogen) atoms. The summed E-state index contributed by atoms with van der Waals surface area (Å²) in [6, 6.07) is 21.4. The first kappa shape index (κ1) is 37.9. The second-order valence-corrected chi connectivity index (χ2v) is 12.8. The number of urea groups is 1. The van der Waals surface area contributed by atoms with Crippen molar-refractivity contribution in [3.05, 3.63) is 100 Å². The third-order valence-corrected chi connectivity index (χ3v) is 9.16. The van der Waals surface area contributed by atoms with Crippen LogP contribution in [0.25, 0.3) is 11.1 Å². The minimum Gasteiger partial charge on any atom is -0.488 e. The molecule has 0 unspecified atom stereocenters. The van der Waals surface area contributed by atoms with Gasteiger partial charge in [-0.1, -0.05) is 31.2 Å². The molecule has 0 radical (unpaired) electrons. The molecule has 2 aliphatic heterocycles. The van der Waals surface area contributed by atoms with Crippen LogP contribution in [-0.4, -0.2) is 81.6 Å². The van der Waals surface area contributed by atoms with Gasteiger partial charge in [0, 0.05) is 81.0 Å². The van der Waals surface area contributed by atoms with Gasteiger partial charge in [0.05, 0.1) is 24.3 Å². The van der Waals surface area contributed by atoms with E-state index < -0.39 is 0 Å². The van der Waals surface area contributed by atoms with Crippen molar-refractivity contribution in [3.8, 4) is 46.3 Å². The van der Waals surface area contributed by atoms with Gasteiger partial charge in [0.25, 0.3) is 0 Å². The number of nitriles is 2. The Labute approximate surface area is 315 Å². The number of ether oxygens (including phenoxy) is 5. The zero-order chi connectivity index (χ0) is 37.5. The Hall–Kier alpha value is -5.86. The van der Waals surface area contributed by atoms with E-state index in [-0.39, 0.29) is 19.2 Å². The third kappa shape index (κ3) is 10.2. The fraction of sp³-hybridized carbons (Fsp3) is 0.366. The maximum absolute atomic E-state index is 12.3. The topological polar surface area (TPSA) is 163 Å². The summed E-state index contributed by atoms with van der Waals surface area (Å²) < 4.78 is 29.6. The second-order valence-electron chi connectivity index (χ2n) is 12.8. The molecular weight excluding hydrogens is 686 g/mol. The highest BCUT2D eigenvalue weighted by atomic mass is 16.6. The van der Waals surface area contributed by atoms with E-state index in [0.717, 1.165) is 66.2 Å². The number of aryl methyl sites for hydroxylation is 1. The van der Waals surface area contributed by atoms with Gasteiger partial charge in [-0.15, -0.1) is 0 Å². The molecule has 13 heteroatoms. The maximum atomic E-state index is 12.3. The van der Waals surface area contributed by atoms with Gasteiger partial charge in [-0.05, 0) is 47.4 Å². The predicted molar refractivity (Wildman–Crippen MR) is 201 cm³/mol. The van der Waals surface area contributed by atoms with Crippen LogP contribution in [0, 0.1) is 22.7 Å². The minimum atomic E-state index is -0.201. The number of nitrogens with zero attached hydrogens (tertiary/aromatic N) is 4. The maximum Gasteiger partial charge on any atom is 0.314 e. The number of aromatic nitrogens is 1. The molecule has 0 aliphatic carbocycles. The van der Waals surface area contributed by atoms with Crippen molar-refractivity contribution in [1.82, 2.24) is 25.8 Å². The average molecular weight is 732 g/mol. The molecule has 2 amide bonds. The summed E-state index contributed by atoms with van der Waals surface area (Å²) in [6.45, 7) is 9.47. The van der Waals surface area contributed by atoms with Gasteiger partial charge in [-0.2, -0.15) is 10.5 Å². The van der Waals surface area contributed by atoms with Crippen LogP contribution in [0.1, 0.15) is 40.3 Å². The molecule has 0 saturated carbocycles. The highest BCUT2D eigenvalue weighted by Gasteiger charge is 2.18. The number of morpholine rings is 1. The van der Waals surface area contributed by atoms with Gasteiger partial charge in [0.2, 0.25) is 0 Å². The summed E-state index contributed by atoms with van der Waals surface area (Å²) in [7, 11) is 0. The van der Waals surface area contributed by atoms with Gasteiger partial charge in [-0.3, -0.25) is 9.88 Å². The molecule has 0 bridgehead atoms. The number of rotatable bonds is 16. The smallest absolute Gasteiger partial charge is 0.314 e. The monoisotopic (exact) mass is 731 g/mol. The number of benzene rings is 3. The summed E-state index contributed by atoms with van der Waals surface area (Å²) in [5.41, 5.74) is 6.01. The van der Waals surface area contributed by atoms with Crippen molar-refractivity contribution in [2.75, 3.05) is 65.7 Å². The van der Waals surface area contributed by atoms with Crippen LogP contribution in [0.3, 0.4) is 0 Å². The molecule has 1 aromatic heterocycles. The van der Waals surface area contributed by atoms with E-state index in [1.54, 1.807) is 12.3 Å². The highest BCUT2D eigenvalue weighted by molar-refractivity contribution is 5.74. The van der Waals surface area contributed by atoms with Crippen LogP contribution < -0.4 is 34.9 Å². The lowest BCUT2D eigenvalue weighted by Crippen LogP contribution is -2.44. The van der Waals surface area contributed by atoms with Crippen molar-refractivity contribution in [3.63, 3.8) is 0 Å². The Balaban J connectivity index is 1.12. The van der Waals surface area contributed by atoms with Crippen LogP contribution in [0.15, 0.2) is 67.0 Å². The van der Waals surface area contributed by atoms with Crippen LogP contribution in [0.4, 0.5) is 4.79 Å². The van der Waals surface area contributed by atoms with Crippen molar-refractivity contribution in [2.45, 2.75) is 33.1 Å². The molecule has 13 nitrogen and oxygen atoms in total. The zero-order valence-electron chi connectivity index (χ0n) is 30.5. The van der Waals surface area contributed by atoms with Crippen molar-refractivity contribution < 1.29 is 28.5 Å². The number of hydrogen-bond acceptors (Lipinski definition) is 11. The average Bonchev–Trinajstić information content (AvgIpc) is 3.22. The van der Waals surface area contributed by atoms with Gasteiger partial charge < -0.3 is 39.6 Å². The standard InChI is InChI=1S/C41H45N7O6/c1-2-31-19-34(26-44-8-9-46-41(49)47-10-11-48-12-14-50-15-13-48)39(53-27-30-18-29(22-42)24-45-25-30)21-38(31)54-28-33-4-3-5-35(36(33)23-43)32-6-7-37-40(20-32)52-17-16-51-37/h3-7,18-21,24-25,44H,2,8-17,26-28H2,1H3,(H2,46,47,49). The number of pyridine rings is 1. The van der Waals surface area contributed by atoms with E-state index in [0.29, 0.717) is 79.9 Å². The predicted octanol–water partition coefficient (Wildman–Crippen LogP) is 4.70. The molecule has 0 spiro atoms. The molecule has 1 saturated heterocycles. The van der Waals surface area contributed by atoms with Crippen LogP contribution >= 0.6 is 0 Å². The normalized spacial score (nSPS) is 13.7. The number of amides is 2. The van der Waals surface area contributed by atoms with Crippen molar-refractivity contribution >= 4 is 6.03 Å². The third-order valence-electron chi connectivity index (χ3n) is 9.16. The summed E-state index contributed by atoms with van der Waals surface area (Å²) in [5.74, 6) is 2.60. The Morgan fingerprint density at radius 1 is 0.833 bits per heavy atom. The number of carbonyl (C=O) groups excluding carboxylic acids is 1. The van der Waals surface area contributed by atoms with Gasteiger partial charge in [0.15, 0.2) is 11.5 Å². The van der Waals surface area contributed by atoms with E-state index in [4.69, 9.17) is 23.7 Å². The molecule has 6 rings (SSSR count). The first-order valence-corrected chi connectivity index (χ1v) is 18.2. The lowest BCUT2D eigenvalue weighted by molar-refractivity contribution is 0.0387. The minimum absolute atomic E-state index is 0.166. The lowest BCUT2D eigenvalue weighted by Gasteiger charge is -2.26. The summed E-state index contributed by atoms with van der Waals surface area (Å²) in [4.78, 5) is 18.8. The molecule has 1 fully saturated rings. The molecular formula is C41H45N7O6. The van der Waals surface area contributed by atoms with Gasteiger partial charge in [-0.25, -0.2) is 4.79 Å². The molecule has 0 atom stereocenters. The van der Waals surface area contributed by atoms with Gasteiger partial charge >= 0.3 is 6.03 Å². The van der Waals surface area contributed by atoms with E-state index in [1.807, 2.05) is 42.5 Å². The molecule has 3 N–H and O–H groups in total. The number of fused-ring (bicyclic) bond motifs is 1. The van der Waals surface area contributed by atoms with Gasteiger partial charge in [0.1, 0.15) is 50.1 Å². The Kier molecular flexibility index (Phi) is 13.5. The zero-order valence-corrected chi connectivity index (χ0v) is 30.5. The van der Waals surface area contributed by atoms with Crippen LogP contribution in [-0.2, 0) is 30.9 Å². The van der Waals surface area contributed by atoms with E-state index in [2.05, 4.69) is 51.0 Å². The van der Waals surface area contributed by atoms with Crippen molar-refractivity contribution in [2.24, 2.45) is 0 Å². The lowest BCUT2D eigenvalue weighted by atomic mass is 9.96. The fourth-order valence-corrected chi connectivity index (χ4v) is 6.29. The molecule has 3 aromatic carbocycles. The Morgan fingerprint density at radius 3 is 2.44 bits per heavy atom. The summed E-state index contributed by atoms with van der Waals surface area (Å²) in [6.07, 6.45) is 3.88. The Morgan fingerprint density at radius 2 is 1.63 bits per heavy atom. The molecule has 280 valence electrons. The molecule has 2 aliphatic rings. The van der Waals surface area contributed by atoms with Crippen molar-refractivity contribution in [1.29, 1.82) is 10.5 Å². The number of nitrogens with one attached hydrogen (secondary N) is 3. The first-order valence-electron chi connectivity index (χ1n) is 18.2. The SMILES string of the molecule is CCc1cc(CNCCNC(=O)NCCN2CCOCC2)c(OCc2cncc(C#N)c2)cc1OCc1cccc(-c2ccc3c(c2)OCCO3)c1C#N. The largest absolute Gasteiger partial charge is 0.488 e. The fourth-order valence-electron chi connectivity index (χ4n) is 6.29. The first-order chi connectivity index (χ1) is 26.5. The molecule has 4 aromatic rings. The van der Waals surface area contributed by atoms with Crippen LogP contribution in [0.5, 0.6) is 23.0 Å². The quantitative estimate of drug-likeness (QED) is 0.137.